The van der Waals surface area contributed by atoms with Crippen LogP contribution in [0.5, 0.6) is 5.75 Å². The average Bonchev–Trinajstić information content (AvgIpc) is 3.48. The number of esters is 1. The van der Waals surface area contributed by atoms with Gasteiger partial charge in [-0.05, 0) is 50.3 Å². The Balaban J connectivity index is 1.39. The number of carbonyl (C=O) groups is 2. The Kier molecular flexibility index (Phi) is 7.04. The molecular formula is C23H26N4O4S2. The van der Waals surface area contributed by atoms with Crippen LogP contribution in [0.25, 0.3) is 0 Å². The second kappa shape index (κ2) is 9.96. The summed E-state index contributed by atoms with van der Waals surface area (Å²) < 4.78 is 12.8. The quantitative estimate of drug-likeness (QED) is 0.374. The summed E-state index contributed by atoms with van der Waals surface area (Å²) in [5.41, 5.74) is 2.55. The van der Waals surface area contributed by atoms with E-state index in [2.05, 4.69) is 15.5 Å². The van der Waals surface area contributed by atoms with Gasteiger partial charge in [0.1, 0.15) is 10.8 Å². The Morgan fingerprint density at radius 3 is 2.82 bits per heavy atom. The number of hydrogen-bond acceptors (Lipinski definition) is 8. The minimum Gasteiger partial charge on any atom is -0.482 e. The van der Waals surface area contributed by atoms with Crippen molar-refractivity contribution in [1.29, 1.82) is 0 Å². The number of fused-ring (bicyclic) bond motifs is 1. The van der Waals surface area contributed by atoms with Crippen molar-refractivity contribution in [2.75, 3.05) is 18.2 Å². The van der Waals surface area contributed by atoms with Crippen LogP contribution in [0.2, 0.25) is 0 Å². The number of rotatable bonds is 8. The zero-order valence-corrected chi connectivity index (χ0v) is 20.6. The summed E-state index contributed by atoms with van der Waals surface area (Å²) in [6, 6.07) is 7.81. The fourth-order valence-corrected chi connectivity index (χ4v) is 5.85. The molecular weight excluding hydrogens is 460 g/mol. The first-order chi connectivity index (χ1) is 15.9. The predicted octanol–water partition coefficient (Wildman–Crippen LogP) is 4.33. The third-order valence-electron chi connectivity index (χ3n) is 5.53. The molecule has 1 N–H and O–H groups in total. The molecule has 1 atom stereocenters. The summed E-state index contributed by atoms with van der Waals surface area (Å²) in [6.45, 7) is 3.91. The Morgan fingerprint density at radius 1 is 1.27 bits per heavy atom. The lowest BCUT2D eigenvalue weighted by atomic mass is 10.1. The fraction of sp³-hybridized carbons (Fsp3) is 0.391. The number of carbonyl (C=O) groups excluding carboxylic acids is 2. The zero-order chi connectivity index (χ0) is 23.5. The van der Waals surface area contributed by atoms with Crippen molar-refractivity contribution in [1.82, 2.24) is 14.8 Å². The number of amides is 1. The number of aryl methyl sites for hydroxylation is 2. The van der Waals surface area contributed by atoms with Crippen molar-refractivity contribution < 1.29 is 19.1 Å². The topological polar surface area (TPSA) is 95.3 Å². The van der Waals surface area contributed by atoms with Gasteiger partial charge >= 0.3 is 5.97 Å². The number of aromatic nitrogens is 3. The van der Waals surface area contributed by atoms with Gasteiger partial charge in [-0.25, -0.2) is 4.79 Å². The molecule has 1 aliphatic carbocycles. The van der Waals surface area contributed by atoms with Crippen LogP contribution < -0.4 is 10.1 Å². The van der Waals surface area contributed by atoms with Crippen LogP contribution >= 0.6 is 23.1 Å². The summed E-state index contributed by atoms with van der Waals surface area (Å²) in [5.74, 6) is 0.994. The van der Waals surface area contributed by atoms with E-state index < -0.39 is 5.97 Å². The van der Waals surface area contributed by atoms with Gasteiger partial charge in [0.05, 0.1) is 18.4 Å². The molecule has 2 aromatic heterocycles. The van der Waals surface area contributed by atoms with Gasteiger partial charge in [0.25, 0.3) is 0 Å². The van der Waals surface area contributed by atoms with Gasteiger partial charge in [-0.3, -0.25) is 4.79 Å². The second-order valence-electron chi connectivity index (χ2n) is 7.82. The predicted molar refractivity (Wildman–Crippen MR) is 128 cm³/mol. The maximum Gasteiger partial charge on any atom is 0.341 e. The molecule has 174 valence electrons. The maximum absolute atomic E-state index is 12.6. The number of thiophene rings is 1. The molecule has 1 amide bonds. The van der Waals surface area contributed by atoms with E-state index in [-0.39, 0.29) is 17.8 Å². The van der Waals surface area contributed by atoms with Crippen LogP contribution in [0.1, 0.15) is 51.6 Å². The monoisotopic (exact) mass is 486 g/mol. The van der Waals surface area contributed by atoms with E-state index in [4.69, 9.17) is 9.47 Å². The number of benzene rings is 1. The molecule has 0 saturated carbocycles. The van der Waals surface area contributed by atoms with E-state index in [1.54, 1.807) is 0 Å². The minimum absolute atomic E-state index is 0.141. The molecule has 0 fully saturated rings. The highest BCUT2D eigenvalue weighted by Gasteiger charge is 2.28. The van der Waals surface area contributed by atoms with Gasteiger partial charge in [-0.2, -0.15) is 0 Å². The SMILES string of the molecule is COC(=O)c1c(NC(=O)CSc2nnc(C(C)Oc3ccccc3C)n2C)sc2c1CCC2. The van der Waals surface area contributed by atoms with Gasteiger partial charge in [0.2, 0.25) is 5.91 Å². The molecule has 4 rings (SSSR count). The van der Waals surface area contributed by atoms with Crippen LogP contribution in [0, 0.1) is 6.92 Å². The Hall–Kier alpha value is -2.85. The van der Waals surface area contributed by atoms with Gasteiger partial charge in [-0.1, -0.05) is 30.0 Å². The van der Waals surface area contributed by atoms with Crippen molar-refractivity contribution in [2.45, 2.75) is 44.4 Å². The number of nitrogens with zero attached hydrogens (tertiary/aromatic N) is 3. The van der Waals surface area contributed by atoms with Crippen molar-refractivity contribution in [3.63, 3.8) is 0 Å². The highest BCUT2D eigenvalue weighted by Crippen LogP contribution is 2.39. The first-order valence-electron chi connectivity index (χ1n) is 10.7. The van der Waals surface area contributed by atoms with Crippen molar-refractivity contribution in [3.8, 4) is 5.75 Å². The van der Waals surface area contributed by atoms with Crippen LogP contribution in [0.15, 0.2) is 29.4 Å². The van der Waals surface area contributed by atoms with Gasteiger partial charge in [0, 0.05) is 11.9 Å². The van der Waals surface area contributed by atoms with Gasteiger partial charge < -0.3 is 19.4 Å². The smallest absolute Gasteiger partial charge is 0.341 e. The Bertz CT molecular complexity index is 1190. The average molecular weight is 487 g/mol. The number of nitrogens with one attached hydrogen (secondary N) is 1. The first kappa shape index (κ1) is 23.3. The van der Waals surface area contributed by atoms with E-state index >= 15 is 0 Å². The summed E-state index contributed by atoms with van der Waals surface area (Å²) in [6.07, 6.45) is 2.49. The second-order valence-corrected chi connectivity index (χ2v) is 9.86. The van der Waals surface area contributed by atoms with Crippen LogP contribution in [-0.2, 0) is 29.4 Å². The van der Waals surface area contributed by atoms with Crippen LogP contribution in [0.4, 0.5) is 5.00 Å². The summed E-state index contributed by atoms with van der Waals surface area (Å²) in [7, 11) is 3.21. The largest absolute Gasteiger partial charge is 0.482 e. The molecule has 2 heterocycles. The van der Waals surface area contributed by atoms with Gasteiger partial charge in [0.15, 0.2) is 17.1 Å². The molecule has 0 spiro atoms. The highest BCUT2D eigenvalue weighted by atomic mass is 32.2. The molecule has 10 heteroatoms. The lowest BCUT2D eigenvalue weighted by Gasteiger charge is -2.15. The molecule has 0 bridgehead atoms. The van der Waals surface area contributed by atoms with E-state index in [9.17, 15) is 9.59 Å². The van der Waals surface area contributed by atoms with Crippen molar-refractivity contribution in [3.05, 3.63) is 51.7 Å². The van der Waals surface area contributed by atoms with E-state index in [0.717, 1.165) is 41.0 Å². The third kappa shape index (κ3) is 4.91. The fourth-order valence-electron chi connectivity index (χ4n) is 3.84. The first-order valence-corrected chi connectivity index (χ1v) is 12.5. The van der Waals surface area contributed by atoms with Crippen LogP contribution in [-0.4, -0.2) is 39.5 Å². The lowest BCUT2D eigenvalue weighted by Crippen LogP contribution is -2.16. The number of thioether (sulfide) groups is 1. The van der Waals surface area contributed by atoms with Crippen molar-refractivity contribution >= 4 is 40.0 Å². The minimum atomic E-state index is -0.405. The molecule has 1 aliphatic rings. The summed E-state index contributed by atoms with van der Waals surface area (Å²) in [4.78, 5) is 26.1. The highest BCUT2D eigenvalue weighted by molar-refractivity contribution is 7.99. The standard InChI is InChI=1S/C23H26N4O4S2/c1-13-8-5-6-10-16(13)31-14(2)20-25-26-23(27(20)3)32-12-18(28)24-21-19(22(29)30-4)15-9-7-11-17(15)33-21/h5-6,8,10,14H,7,9,11-12H2,1-4H3,(H,24,28). The number of anilines is 1. The molecule has 0 saturated heterocycles. The van der Waals surface area contributed by atoms with E-state index in [0.29, 0.717) is 21.5 Å². The number of methoxy groups -OCH3 is 1. The summed E-state index contributed by atoms with van der Waals surface area (Å²) >= 11 is 2.75. The summed E-state index contributed by atoms with van der Waals surface area (Å²) in [5, 5.41) is 12.6. The lowest BCUT2D eigenvalue weighted by molar-refractivity contribution is -0.113. The molecule has 1 aromatic carbocycles. The Labute approximate surface area is 200 Å². The Morgan fingerprint density at radius 2 is 2.06 bits per heavy atom. The van der Waals surface area contributed by atoms with Gasteiger partial charge in [-0.15, -0.1) is 21.5 Å². The van der Waals surface area contributed by atoms with Crippen LogP contribution in [0.3, 0.4) is 0 Å². The maximum atomic E-state index is 12.6. The molecule has 0 radical (unpaired) electrons. The van der Waals surface area contributed by atoms with Crippen molar-refractivity contribution in [2.24, 2.45) is 7.05 Å². The van der Waals surface area contributed by atoms with E-state index in [1.807, 2.05) is 49.7 Å². The molecule has 0 aliphatic heterocycles. The number of para-hydroxylation sites is 1. The molecule has 8 nitrogen and oxygen atoms in total. The molecule has 1 unspecified atom stereocenters. The zero-order valence-electron chi connectivity index (χ0n) is 19.0. The van der Waals surface area contributed by atoms with E-state index in [1.165, 1.54) is 30.2 Å². The number of hydrogen-bond donors (Lipinski definition) is 1. The normalized spacial score (nSPS) is 13.5. The molecule has 3 aromatic rings. The number of ether oxygens (including phenoxy) is 2. The third-order valence-corrected chi connectivity index (χ3v) is 7.75. The molecule has 33 heavy (non-hydrogen) atoms.